The van der Waals surface area contributed by atoms with Crippen LogP contribution in [0, 0.1) is 11.8 Å². The highest BCUT2D eigenvalue weighted by atomic mass is 16.7. The first kappa shape index (κ1) is 20.3. The van der Waals surface area contributed by atoms with Crippen molar-refractivity contribution >= 4 is 5.97 Å². The zero-order chi connectivity index (χ0) is 17.5. The van der Waals surface area contributed by atoms with Crippen LogP contribution in [-0.4, -0.2) is 19.4 Å². The highest BCUT2D eigenvalue weighted by Crippen LogP contribution is 2.15. The number of hydrogen-bond donors (Lipinski definition) is 0. The molecule has 0 fully saturated rings. The molecule has 1 aromatic rings. The molecule has 1 unspecified atom stereocenters. The summed E-state index contributed by atoms with van der Waals surface area (Å²) in [7, 11) is 0. The molecule has 0 aliphatic heterocycles. The van der Waals surface area contributed by atoms with Crippen molar-refractivity contribution in [2.24, 2.45) is 0 Å². The van der Waals surface area contributed by atoms with Gasteiger partial charge in [-0.1, -0.05) is 75.3 Å². The molecule has 0 saturated heterocycles. The van der Waals surface area contributed by atoms with Crippen molar-refractivity contribution in [3.05, 3.63) is 35.9 Å². The SMILES string of the molecule is CCCCCCCCC#CCOCOC(=O)C(C)c1ccccc1. The van der Waals surface area contributed by atoms with Crippen LogP contribution in [0.5, 0.6) is 0 Å². The van der Waals surface area contributed by atoms with Crippen LogP contribution >= 0.6 is 0 Å². The van der Waals surface area contributed by atoms with Gasteiger partial charge in [0.1, 0.15) is 6.61 Å². The minimum Gasteiger partial charge on any atom is -0.438 e. The molecule has 0 bridgehead atoms. The van der Waals surface area contributed by atoms with Crippen molar-refractivity contribution < 1.29 is 14.3 Å². The maximum absolute atomic E-state index is 11.9. The molecule has 3 nitrogen and oxygen atoms in total. The fourth-order valence-corrected chi connectivity index (χ4v) is 2.33. The van der Waals surface area contributed by atoms with Gasteiger partial charge in [0.05, 0.1) is 5.92 Å². The second kappa shape index (κ2) is 13.6. The van der Waals surface area contributed by atoms with Crippen LogP contribution < -0.4 is 0 Å². The summed E-state index contributed by atoms with van der Waals surface area (Å²) in [6, 6.07) is 9.58. The lowest BCUT2D eigenvalue weighted by Crippen LogP contribution is -2.15. The van der Waals surface area contributed by atoms with E-state index in [0.29, 0.717) is 6.61 Å². The van der Waals surface area contributed by atoms with Gasteiger partial charge in [0, 0.05) is 6.42 Å². The minimum atomic E-state index is -0.284. The number of rotatable bonds is 11. The van der Waals surface area contributed by atoms with Gasteiger partial charge in [-0.15, -0.1) is 5.92 Å². The Morgan fingerprint density at radius 3 is 2.50 bits per heavy atom. The smallest absolute Gasteiger partial charge is 0.315 e. The molecule has 1 aromatic carbocycles. The van der Waals surface area contributed by atoms with Gasteiger partial charge in [-0.3, -0.25) is 4.79 Å². The zero-order valence-electron chi connectivity index (χ0n) is 15.1. The van der Waals surface area contributed by atoms with Crippen molar-refractivity contribution in [1.29, 1.82) is 0 Å². The Bertz CT molecular complexity index is 499. The minimum absolute atomic E-state index is 0.0400. The van der Waals surface area contributed by atoms with Crippen molar-refractivity contribution in [2.75, 3.05) is 13.4 Å². The summed E-state index contributed by atoms with van der Waals surface area (Å²) >= 11 is 0. The van der Waals surface area contributed by atoms with E-state index in [1.54, 1.807) is 0 Å². The van der Waals surface area contributed by atoms with Gasteiger partial charge in [0.15, 0.2) is 6.79 Å². The van der Waals surface area contributed by atoms with Gasteiger partial charge in [-0.25, -0.2) is 0 Å². The van der Waals surface area contributed by atoms with E-state index in [-0.39, 0.29) is 18.7 Å². The van der Waals surface area contributed by atoms with E-state index in [1.165, 1.54) is 32.1 Å². The molecule has 1 atom stereocenters. The third-order valence-corrected chi connectivity index (χ3v) is 3.89. The first-order valence-electron chi connectivity index (χ1n) is 9.00. The van der Waals surface area contributed by atoms with E-state index in [0.717, 1.165) is 18.4 Å². The number of carbonyl (C=O) groups excluding carboxylic acids is 1. The molecule has 0 N–H and O–H groups in total. The molecule has 3 heteroatoms. The van der Waals surface area contributed by atoms with E-state index < -0.39 is 0 Å². The molecule has 0 saturated carbocycles. The monoisotopic (exact) mass is 330 g/mol. The van der Waals surface area contributed by atoms with Crippen LogP contribution in [0.15, 0.2) is 30.3 Å². The van der Waals surface area contributed by atoms with Gasteiger partial charge >= 0.3 is 5.97 Å². The maximum Gasteiger partial charge on any atom is 0.315 e. The van der Waals surface area contributed by atoms with E-state index in [9.17, 15) is 4.79 Å². The number of hydrogen-bond acceptors (Lipinski definition) is 3. The Balaban J connectivity index is 2.02. The summed E-state index contributed by atoms with van der Waals surface area (Å²) in [6.45, 7) is 4.33. The predicted octanol–water partition coefficient (Wildman–Crippen LogP) is 5.06. The van der Waals surface area contributed by atoms with E-state index in [1.807, 2.05) is 37.3 Å². The molecule has 0 aliphatic rings. The second-order valence-corrected chi connectivity index (χ2v) is 5.93. The average molecular weight is 330 g/mol. The second-order valence-electron chi connectivity index (χ2n) is 5.93. The lowest BCUT2D eigenvalue weighted by molar-refractivity contribution is -0.156. The van der Waals surface area contributed by atoms with Gasteiger partial charge in [0.2, 0.25) is 0 Å². The molecule has 0 heterocycles. The predicted molar refractivity (Wildman–Crippen MR) is 97.5 cm³/mol. The largest absolute Gasteiger partial charge is 0.438 e. The molecule has 0 spiro atoms. The lowest BCUT2D eigenvalue weighted by atomic mass is 10.0. The highest BCUT2D eigenvalue weighted by Gasteiger charge is 2.15. The molecular formula is C21H30O3. The van der Waals surface area contributed by atoms with E-state index in [4.69, 9.17) is 9.47 Å². The van der Waals surface area contributed by atoms with Crippen molar-refractivity contribution in [3.63, 3.8) is 0 Å². The number of carbonyl (C=O) groups is 1. The average Bonchev–Trinajstić information content (AvgIpc) is 2.62. The summed E-state index contributed by atoms with van der Waals surface area (Å²) in [6.07, 6.45) is 8.58. The number of esters is 1. The Labute approximate surface area is 146 Å². The van der Waals surface area contributed by atoms with Crippen molar-refractivity contribution in [2.45, 2.75) is 64.7 Å². The highest BCUT2D eigenvalue weighted by molar-refractivity contribution is 5.77. The summed E-state index contributed by atoms with van der Waals surface area (Å²) in [5.74, 6) is 5.50. The van der Waals surface area contributed by atoms with Gasteiger partial charge in [-0.05, 0) is 18.9 Å². The van der Waals surface area contributed by atoms with Gasteiger partial charge < -0.3 is 9.47 Å². The fourth-order valence-electron chi connectivity index (χ4n) is 2.33. The maximum atomic E-state index is 11.9. The molecular weight excluding hydrogens is 300 g/mol. The quantitative estimate of drug-likeness (QED) is 0.246. The van der Waals surface area contributed by atoms with Crippen molar-refractivity contribution in [3.8, 4) is 11.8 Å². The van der Waals surface area contributed by atoms with Crippen molar-refractivity contribution in [1.82, 2.24) is 0 Å². The molecule has 0 radical (unpaired) electrons. The Morgan fingerprint density at radius 1 is 1.04 bits per heavy atom. The summed E-state index contributed by atoms with van der Waals surface area (Å²) < 4.78 is 10.3. The van der Waals surface area contributed by atoms with Gasteiger partial charge in [0.25, 0.3) is 0 Å². The number of ether oxygens (including phenoxy) is 2. The molecule has 24 heavy (non-hydrogen) atoms. The lowest BCUT2D eigenvalue weighted by Gasteiger charge is -2.11. The van der Waals surface area contributed by atoms with Crippen LogP contribution in [0.1, 0.15) is 70.3 Å². The number of unbranched alkanes of at least 4 members (excludes halogenated alkanes) is 6. The molecule has 0 aliphatic carbocycles. The summed E-state index contributed by atoms with van der Waals surface area (Å²) in [5.41, 5.74) is 0.946. The van der Waals surface area contributed by atoms with Crippen LogP contribution in [0.3, 0.4) is 0 Å². The van der Waals surface area contributed by atoms with Crippen LogP contribution in [0.2, 0.25) is 0 Å². The van der Waals surface area contributed by atoms with Crippen LogP contribution in [0.4, 0.5) is 0 Å². The first-order valence-corrected chi connectivity index (χ1v) is 9.00. The van der Waals surface area contributed by atoms with E-state index in [2.05, 4.69) is 18.8 Å². The van der Waals surface area contributed by atoms with Gasteiger partial charge in [-0.2, -0.15) is 0 Å². The molecule has 1 rings (SSSR count). The zero-order valence-corrected chi connectivity index (χ0v) is 15.1. The summed E-state index contributed by atoms with van der Waals surface area (Å²) in [5, 5.41) is 0. The number of benzene rings is 1. The Hall–Kier alpha value is -1.79. The van der Waals surface area contributed by atoms with E-state index >= 15 is 0 Å². The third kappa shape index (κ3) is 9.37. The topological polar surface area (TPSA) is 35.5 Å². The Morgan fingerprint density at radius 2 is 1.75 bits per heavy atom. The molecule has 132 valence electrons. The normalized spacial score (nSPS) is 11.4. The standard InChI is InChI=1S/C21H30O3/c1-3-4-5-6-7-8-9-10-14-17-23-18-24-21(22)19(2)20-15-12-11-13-16-20/h11-13,15-16,19H,3-9,17-18H2,1-2H3. The molecule has 0 amide bonds. The molecule has 0 aromatic heterocycles. The first-order chi connectivity index (χ1) is 11.8. The fraction of sp³-hybridized carbons (Fsp3) is 0.571. The van der Waals surface area contributed by atoms with Crippen LogP contribution in [0.25, 0.3) is 0 Å². The summed E-state index contributed by atoms with van der Waals surface area (Å²) in [4.78, 5) is 11.9. The Kier molecular flexibility index (Phi) is 11.5. The third-order valence-electron chi connectivity index (χ3n) is 3.89. The van der Waals surface area contributed by atoms with Crippen LogP contribution in [-0.2, 0) is 14.3 Å².